The molecule has 11 heteroatoms. The van der Waals surface area contributed by atoms with Gasteiger partial charge in [-0.3, -0.25) is 9.59 Å². The van der Waals surface area contributed by atoms with E-state index in [-0.39, 0.29) is 28.3 Å². The number of ether oxygens (including phenoxy) is 2. The number of hydrogen-bond donors (Lipinski definition) is 1. The van der Waals surface area contributed by atoms with Gasteiger partial charge in [-0.25, -0.2) is 9.97 Å². The number of carbonyl (C=O) groups excluding carboxylic acids is 1. The third-order valence-electron chi connectivity index (χ3n) is 4.76. The molecule has 32 heavy (non-hydrogen) atoms. The van der Waals surface area contributed by atoms with E-state index < -0.39 is 0 Å². The highest BCUT2D eigenvalue weighted by Gasteiger charge is 2.25. The van der Waals surface area contributed by atoms with Gasteiger partial charge in [0.2, 0.25) is 11.8 Å². The molecule has 4 aromatic heterocycles. The van der Waals surface area contributed by atoms with Crippen molar-refractivity contribution in [1.82, 2.24) is 24.5 Å². The fourth-order valence-corrected chi connectivity index (χ4v) is 3.89. The summed E-state index contributed by atoms with van der Waals surface area (Å²) in [6.07, 6.45) is 7.06. The van der Waals surface area contributed by atoms with Crippen molar-refractivity contribution in [2.75, 3.05) is 5.32 Å². The van der Waals surface area contributed by atoms with Crippen LogP contribution in [0.5, 0.6) is 22.6 Å². The maximum absolute atomic E-state index is 12.5. The number of nitrogens with one attached hydrogen (secondary N) is 1. The smallest absolute Gasteiger partial charge is 0.293 e. The van der Waals surface area contributed by atoms with Gasteiger partial charge in [-0.05, 0) is 36.5 Å². The molecule has 1 N–H and O–H groups in total. The predicted molar refractivity (Wildman–Crippen MR) is 118 cm³/mol. The molecular formula is C21H18N6O4S. The molecule has 0 spiro atoms. The molecule has 0 aromatic carbocycles. The number of thiazole rings is 1. The molecule has 1 aliphatic carbocycles. The highest BCUT2D eigenvalue weighted by atomic mass is 32.1. The molecule has 10 nitrogen and oxygen atoms in total. The van der Waals surface area contributed by atoms with E-state index in [0.29, 0.717) is 28.0 Å². The lowest BCUT2D eigenvalue weighted by Crippen LogP contribution is -2.18. The number of nitrogens with zero attached hydrogens (tertiary/aromatic N) is 5. The van der Waals surface area contributed by atoms with E-state index in [9.17, 15) is 9.59 Å². The van der Waals surface area contributed by atoms with Gasteiger partial charge in [-0.15, -0.1) is 0 Å². The average molecular weight is 450 g/mol. The van der Waals surface area contributed by atoms with Gasteiger partial charge in [-0.1, -0.05) is 11.3 Å². The van der Waals surface area contributed by atoms with Crippen LogP contribution in [0.2, 0.25) is 0 Å². The molecular weight excluding hydrogens is 432 g/mol. The van der Waals surface area contributed by atoms with Crippen molar-refractivity contribution in [2.45, 2.75) is 25.7 Å². The van der Waals surface area contributed by atoms with Crippen LogP contribution in [0.1, 0.15) is 31.2 Å². The molecule has 1 amide bonds. The number of aryl methyl sites for hydroxylation is 1. The van der Waals surface area contributed by atoms with Crippen LogP contribution in [0.4, 0.5) is 5.82 Å². The van der Waals surface area contributed by atoms with Crippen molar-refractivity contribution in [3.63, 3.8) is 0 Å². The van der Waals surface area contributed by atoms with Crippen LogP contribution in [0.25, 0.3) is 10.5 Å². The molecule has 1 saturated carbocycles. The Kier molecular flexibility index (Phi) is 5.02. The Morgan fingerprint density at radius 2 is 2.06 bits per heavy atom. The van der Waals surface area contributed by atoms with E-state index in [2.05, 4.69) is 25.3 Å². The van der Waals surface area contributed by atoms with E-state index in [1.165, 1.54) is 35.2 Å². The Bertz CT molecular complexity index is 1390. The van der Waals surface area contributed by atoms with Crippen LogP contribution < -0.4 is 20.3 Å². The Morgan fingerprint density at radius 1 is 1.22 bits per heavy atom. The highest BCUT2D eigenvalue weighted by Crippen LogP contribution is 2.41. The Labute approximate surface area is 185 Å². The standard InChI is InChI=1S/C21H18N6O4S/c1-11(28)24-16-8-14(5-6-22-16)30-17-9-23-18-19(25-17)32-21(26-18)31-15-7-13(12-3-4-12)10-27(2)20(15)29/h5-10,12H,3-4H2,1-2H3,(H,22,24,28). The second-order valence-electron chi connectivity index (χ2n) is 7.41. The number of aromatic nitrogens is 5. The van der Waals surface area contributed by atoms with Crippen molar-refractivity contribution in [3.05, 3.63) is 52.7 Å². The first-order valence-electron chi connectivity index (χ1n) is 9.88. The number of pyridine rings is 2. The van der Waals surface area contributed by atoms with Gasteiger partial charge < -0.3 is 19.4 Å². The summed E-state index contributed by atoms with van der Waals surface area (Å²) in [5.41, 5.74) is 1.25. The van der Waals surface area contributed by atoms with Gasteiger partial charge in [-0.2, -0.15) is 9.97 Å². The van der Waals surface area contributed by atoms with Crippen molar-refractivity contribution < 1.29 is 14.3 Å². The zero-order valence-electron chi connectivity index (χ0n) is 17.2. The first kappa shape index (κ1) is 20.1. The summed E-state index contributed by atoms with van der Waals surface area (Å²) >= 11 is 1.17. The largest absolute Gasteiger partial charge is 0.437 e. The van der Waals surface area contributed by atoms with Crippen LogP contribution in [-0.4, -0.2) is 30.4 Å². The molecule has 4 heterocycles. The molecule has 0 aliphatic heterocycles. The van der Waals surface area contributed by atoms with E-state index >= 15 is 0 Å². The summed E-state index contributed by atoms with van der Waals surface area (Å²) in [5, 5.41) is 2.87. The van der Waals surface area contributed by atoms with Gasteiger partial charge in [0.1, 0.15) is 11.6 Å². The number of amides is 1. The Morgan fingerprint density at radius 3 is 2.84 bits per heavy atom. The molecule has 0 unspecified atom stereocenters. The predicted octanol–water partition coefficient (Wildman–Crippen LogP) is 3.60. The molecule has 0 atom stereocenters. The first-order chi connectivity index (χ1) is 15.4. The van der Waals surface area contributed by atoms with Crippen LogP contribution in [0.15, 0.2) is 41.6 Å². The van der Waals surface area contributed by atoms with Gasteiger partial charge in [0.15, 0.2) is 16.2 Å². The summed E-state index contributed by atoms with van der Waals surface area (Å²) in [7, 11) is 1.71. The fourth-order valence-electron chi connectivity index (χ4n) is 3.14. The van der Waals surface area contributed by atoms with E-state index in [1.807, 2.05) is 6.20 Å². The van der Waals surface area contributed by atoms with Crippen LogP contribution in [-0.2, 0) is 11.8 Å². The molecule has 0 radical (unpaired) electrons. The fraction of sp³-hybridized carbons (Fsp3) is 0.238. The van der Waals surface area contributed by atoms with Gasteiger partial charge in [0, 0.05) is 32.4 Å². The van der Waals surface area contributed by atoms with Gasteiger partial charge in [0.05, 0.1) is 6.20 Å². The van der Waals surface area contributed by atoms with E-state index in [1.54, 1.807) is 25.2 Å². The Hall–Kier alpha value is -3.86. The lowest BCUT2D eigenvalue weighted by atomic mass is 10.2. The number of hydrogen-bond acceptors (Lipinski definition) is 9. The average Bonchev–Trinajstić information content (AvgIpc) is 3.51. The lowest BCUT2D eigenvalue weighted by molar-refractivity contribution is -0.114. The topological polar surface area (TPSA) is 121 Å². The van der Waals surface area contributed by atoms with E-state index in [0.717, 1.165) is 18.4 Å². The zero-order valence-corrected chi connectivity index (χ0v) is 18.0. The van der Waals surface area contributed by atoms with Crippen molar-refractivity contribution in [1.29, 1.82) is 0 Å². The third-order valence-corrected chi connectivity index (χ3v) is 5.57. The maximum Gasteiger partial charge on any atom is 0.293 e. The summed E-state index contributed by atoms with van der Waals surface area (Å²) in [6, 6.07) is 5.01. The highest BCUT2D eigenvalue weighted by molar-refractivity contribution is 7.19. The third kappa shape index (κ3) is 4.28. The summed E-state index contributed by atoms with van der Waals surface area (Å²) in [5.74, 6) is 1.55. The summed E-state index contributed by atoms with van der Waals surface area (Å²) in [6.45, 7) is 1.40. The molecule has 1 aliphatic rings. The van der Waals surface area contributed by atoms with Gasteiger partial charge >= 0.3 is 0 Å². The lowest BCUT2D eigenvalue weighted by Gasteiger charge is -2.07. The number of rotatable bonds is 6. The van der Waals surface area contributed by atoms with Crippen LogP contribution >= 0.6 is 11.3 Å². The van der Waals surface area contributed by atoms with Gasteiger partial charge in [0.25, 0.3) is 10.8 Å². The first-order valence-corrected chi connectivity index (χ1v) is 10.7. The van der Waals surface area contributed by atoms with Crippen molar-refractivity contribution in [2.24, 2.45) is 7.05 Å². The minimum absolute atomic E-state index is 0.230. The van der Waals surface area contributed by atoms with Crippen LogP contribution in [0, 0.1) is 0 Å². The second-order valence-corrected chi connectivity index (χ2v) is 8.35. The molecule has 0 bridgehead atoms. The Balaban J connectivity index is 1.38. The monoisotopic (exact) mass is 450 g/mol. The molecule has 0 saturated heterocycles. The minimum Gasteiger partial charge on any atom is -0.437 e. The molecule has 162 valence electrons. The number of carbonyl (C=O) groups is 1. The number of anilines is 1. The quantitative estimate of drug-likeness (QED) is 0.473. The molecule has 1 fully saturated rings. The van der Waals surface area contributed by atoms with Crippen molar-refractivity contribution >= 4 is 33.5 Å². The van der Waals surface area contributed by atoms with Crippen LogP contribution in [0.3, 0.4) is 0 Å². The van der Waals surface area contributed by atoms with E-state index in [4.69, 9.17) is 9.47 Å². The number of fused-ring (bicyclic) bond motifs is 1. The maximum atomic E-state index is 12.5. The zero-order chi connectivity index (χ0) is 22.2. The molecule has 4 aromatic rings. The normalized spacial score (nSPS) is 13.2. The van der Waals surface area contributed by atoms with Crippen molar-refractivity contribution in [3.8, 4) is 22.6 Å². The minimum atomic E-state index is -0.231. The summed E-state index contributed by atoms with van der Waals surface area (Å²) in [4.78, 5) is 41.2. The second kappa shape index (κ2) is 8.00. The molecule has 5 rings (SSSR count). The SMILES string of the molecule is CC(=O)Nc1cc(Oc2cnc3nc(Oc4cc(C5CC5)cn(C)c4=O)sc3n2)ccn1. The summed E-state index contributed by atoms with van der Waals surface area (Å²) < 4.78 is 13.1.